The third-order valence-electron chi connectivity index (χ3n) is 4.75. The maximum Gasteiger partial charge on any atom is 0.307 e. The fourth-order valence-electron chi connectivity index (χ4n) is 3.10. The van der Waals surface area contributed by atoms with Crippen LogP contribution in [-0.2, 0) is 22.4 Å². The van der Waals surface area contributed by atoms with Gasteiger partial charge in [-0.3, -0.25) is 9.59 Å². The van der Waals surface area contributed by atoms with Crippen LogP contribution in [0.15, 0.2) is 60.7 Å². The number of ether oxygens (including phenoxy) is 1. The van der Waals surface area contributed by atoms with Crippen molar-refractivity contribution in [2.45, 2.75) is 26.2 Å². The minimum atomic E-state index is -0.931. The zero-order chi connectivity index (χ0) is 24.0. The lowest BCUT2D eigenvalue weighted by molar-refractivity contribution is -0.136. The van der Waals surface area contributed by atoms with Gasteiger partial charge < -0.3 is 20.0 Å². The highest BCUT2D eigenvalue weighted by Gasteiger charge is 2.11. The number of Topliss-reactive ketones (excluding diaryl/α,β-unsaturated/α-hetero) is 1. The highest BCUT2D eigenvalue weighted by molar-refractivity contribution is 6.42. The highest BCUT2D eigenvalue weighted by Crippen LogP contribution is 2.29. The molecule has 33 heavy (non-hydrogen) atoms. The molecule has 1 amide bonds. The summed E-state index contributed by atoms with van der Waals surface area (Å²) < 4.78 is 5.97. The van der Waals surface area contributed by atoms with Gasteiger partial charge in [0, 0.05) is 17.7 Å². The molecule has 0 aliphatic rings. The van der Waals surface area contributed by atoms with Crippen molar-refractivity contribution in [3.05, 3.63) is 87.4 Å². The second kappa shape index (κ2) is 11.0. The van der Waals surface area contributed by atoms with Gasteiger partial charge in [-0.2, -0.15) is 0 Å². The predicted octanol–water partition coefficient (Wildman–Crippen LogP) is 6.19. The summed E-state index contributed by atoms with van der Waals surface area (Å²) in [7, 11) is 0. The van der Waals surface area contributed by atoms with Gasteiger partial charge >= 0.3 is 5.97 Å². The van der Waals surface area contributed by atoms with Gasteiger partial charge in [-0.25, -0.2) is 0 Å². The van der Waals surface area contributed by atoms with Crippen molar-refractivity contribution >= 4 is 46.5 Å². The quantitative estimate of drug-likeness (QED) is 0.377. The number of carboxylic acid groups (broad SMARTS) is 1. The molecule has 0 radical (unpaired) electrons. The number of nitrogens with one attached hydrogen (secondary N) is 1. The van der Waals surface area contributed by atoms with E-state index in [1.165, 1.54) is 13.0 Å². The normalized spacial score (nSPS) is 10.5. The van der Waals surface area contributed by atoms with Crippen molar-refractivity contribution in [2.24, 2.45) is 0 Å². The maximum absolute atomic E-state index is 12.4. The Morgan fingerprint density at radius 3 is 2.30 bits per heavy atom. The van der Waals surface area contributed by atoms with Crippen LogP contribution in [0.25, 0.3) is 0 Å². The Kier molecular flexibility index (Phi) is 8.09. The molecule has 0 unspecified atom stereocenters. The molecule has 0 aromatic heterocycles. The molecule has 3 aromatic carbocycles. The summed E-state index contributed by atoms with van der Waals surface area (Å²) in [5.74, 6) is -0.162. The molecule has 0 fully saturated rings. The molecule has 0 aliphatic carbocycles. The first-order valence-electron chi connectivity index (χ1n) is 10.1. The van der Waals surface area contributed by atoms with Crippen LogP contribution in [0.4, 0.5) is 5.69 Å². The second-order valence-corrected chi connectivity index (χ2v) is 8.24. The Morgan fingerprint density at radius 1 is 0.939 bits per heavy atom. The van der Waals surface area contributed by atoms with Gasteiger partial charge in [0.2, 0.25) is 0 Å². The molecule has 3 aromatic rings. The number of hydrogen-bond acceptors (Lipinski definition) is 4. The van der Waals surface area contributed by atoms with Crippen molar-refractivity contribution in [1.29, 1.82) is 0 Å². The van der Waals surface area contributed by atoms with E-state index in [0.29, 0.717) is 51.2 Å². The summed E-state index contributed by atoms with van der Waals surface area (Å²) in [6.07, 6.45) is 0.656. The number of ketones is 1. The van der Waals surface area contributed by atoms with E-state index >= 15 is 0 Å². The lowest BCUT2D eigenvalue weighted by Crippen LogP contribution is -2.11. The molecule has 0 bridgehead atoms. The van der Waals surface area contributed by atoms with Gasteiger partial charge in [0.05, 0.1) is 16.5 Å². The summed E-state index contributed by atoms with van der Waals surface area (Å²) in [6, 6.07) is 16.6. The summed E-state index contributed by atoms with van der Waals surface area (Å²) in [4.78, 5) is 34.9. The Labute approximate surface area is 201 Å². The lowest BCUT2D eigenvalue weighted by Gasteiger charge is -2.13. The number of aryl methyl sites for hydroxylation is 1. The Balaban J connectivity index is 1.72. The SMILES string of the molecule is CC(=O)CCc1cc(CC(=O)O)ccc1Oc1ccc(NC(=O)c2ccc(Cl)c(Cl)c2)cc1. The number of amides is 1. The number of benzene rings is 3. The van der Waals surface area contributed by atoms with Gasteiger partial charge in [-0.05, 0) is 73.0 Å². The molecule has 0 atom stereocenters. The maximum atomic E-state index is 12.4. The van der Waals surface area contributed by atoms with Crippen LogP contribution in [0.1, 0.15) is 34.8 Å². The first-order valence-corrected chi connectivity index (χ1v) is 10.8. The summed E-state index contributed by atoms with van der Waals surface area (Å²) in [5, 5.41) is 12.5. The monoisotopic (exact) mass is 485 g/mol. The van der Waals surface area contributed by atoms with Crippen molar-refractivity contribution in [1.82, 2.24) is 0 Å². The number of halogens is 2. The van der Waals surface area contributed by atoms with Crippen molar-refractivity contribution < 1.29 is 24.2 Å². The molecule has 0 heterocycles. The van der Waals surface area contributed by atoms with Crippen molar-refractivity contribution in [3.63, 3.8) is 0 Å². The van der Waals surface area contributed by atoms with E-state index in [1.807, 2.05) is 0 Å². The molecule has 0 saturated carbocycles. The molecule has 0 aliphatic heterocycles. The zero-order valence-electron chi connectivity index (χ0n) is 17.7. The van der Waals surface area contributed by atoms with Gasteiger partial charge in [0.25, 0.3) is 5.91 Å². The van der Waals surface area contributed by atoms with E-state index in [0.717, 1.165) is 5.56 Å². The molecule has 0 spiro atoms. The highest BCUT2D eigenvalue weighted by atomic mass is 35.5. The van der Waals surface area contributed by atoms with Crippen LogP contribution in [-0.4, -0.2) is 22.8 Å². The minimum absolute atomic E-state index is 0.0339. The molecule has 170 valence electrons. The number of rotatable bonds is 9. The number of carboxylic acids is 1. The first-order chi connectivity index (χ1) is 15.7. The van der Waals surface area contributed by atoms with Gasteiger partial charge in [0.1, 0.15) is 17.3 Å². The summed E-state index contributed by atoms with van der Waals surface area (Å²) in [6.45, 7) is 1.51. The van der Waals surface area contributed by atoms with E-state index in [2.05, 4.69) is 5.32 Å². The fourth-order valence-corrected chi connectivity index (χ4v) is 3.40. The van der Waals surface area contributed by atoms with Gasteiger partial charge in [0.15, 0.2) is 0 Å². The van der Waals surface area contributed by atoms with Crippen molar-refractivity contribution in [3.8, 4) is 11.5 Å². The lowest BCUT2D eigenvalue weighted by atomic mass is 10.0. The Hall–Kier alpha value is -3.35. The topological polar surface area (TPSA) is 92.7 Å². The molecule has 2 N–H and O–H groups in total. The van der Waals surface area contributed by atoms with Crippen LogP contribution in [0.2, 0.25) is 10.0 Å². The number of aliphatic carboxylic acids is 1. The molecule has 0 saturated heterocycles. The standard InChI is InChI=1S/C25H21Cl2NO5/c1-15(29)2-4-17-12-16(13-24(30)31)3-11-23(17)33-20-8-6-19(7-9-20)28-25(32)18-5-10-21(26)22(27)14-18/h3,5-12,14H,2,4,13H2,1H3,(H,28,32)(H,30,31). The Bertz CT molecular complexity index is 1190. The minimum Gasteiger partial charge on any atom is -0.481 e. The molecule has 8 heteroatoms. The van der Waals surface area contributed by atoms with E-state index in [4.69, 9.17) is 33.0 Å². The van der Waals surface area contributed by atoms with Crippen molar-refractivity contribution in [2.75, 3.05) is 5.32 Å². The zero-order valence-corrected chi connectivity index (χ0v) is 19.2. The molecular formula is C25H21Cl2NO5. The number of anilines is 1. The predicted molar refractivity (Wildman–Crippen MR) is 128 cm³/mol. The molecule has 3 rings (SSSR count). The van der Waals surface area contributed by atoms with Crippen LogP contribution in [0.5, 0.6) is 11.5 Å². The van der Waals surface area contributed by atoms with E-state index in [9.17, 15) is 14.4 Å². The van der Waals surface area contributed by atoms with E-state index in [-0.39, 0.29) is 18.1 Å². The second-order valence-electron chi connectivity index (χ2n) is 7.42. The third kappa shape index (κ3) is 7.07. The van der Waals surface area contributed by atoms with Crippen LogP contribution in [0, 0.1) is 0 Å². The smallest absolute Gasteiger partial charge is 0.307 e. The van der Waals surface area contributed by atoms with E-state index < -0.39 is 5.97 Å². The average molecular weight is 486 g/mol. The number of carbonyl (C=O) groups is 3. The molecular weight excluding hydrogens is 465 g/mol. The van der Waals surface area contributed by atoms with E-state index in [1.54, 1.807) is 54.6 Å². The third-order valence-corrected chi connectivity index (χ3v) is 5.49. The van der Waals surface area contributed by atoms with Gasteiger partial charge in [-0.15, -0.1) is 0 Å². The van der Waals surface area contributed by atoms with Gasteiger partial charge in [-0.1, -0.05) is 35.3 Å². The first kappa shape index (κ1) is 24.3. The summed E-state index contributed by atoms with van der Waals surface area (Å²) in [5.41, 5.74) is 2.32. The van der Waals surface area contributed by atoms with Crippen LogP contribution in [0.3, 0.4) is 0 Å². The largest absolute Gasteiger partial charge is 0.481 e. The van der Waals surface area contributed by atoms with Crippen LogP contribution >= 0.6 is 23.2 Å². The van der Waals surface area contributed by atoms with Crippen LogP contribution < -0.4 is 10.1 Å². The average Bonchev–Trinajstić information content (AvgIpc) is 2.76. The fraction of sp³-hybridized carbons (Fsp3) is 0.160. The summed E-state index contributed by atoms with van der Waals surface area (Å²) >= 11 is 11.9. The number of carbonyl (C=O) groups excluding carboxylic acids is 2. The number of hydrogen-bond donors (Lipinski definition) is 2. The molecule has 6 nitrogen and oxygen atoms in total. The Morgan fingerprint density at radius 2 is 1.67 bits per heavy atom.